The van der Waals surface area contributed by atoms with Gasteiger partial charge in [-0.3, -0.25) is 0 Å². The molecule has 1 aromatic heterocycles. The van der Waals surface area contributed by atoms with E-state index in [2.05, 4.69) is 42.4 Å². The molecule has 2 heteroatoms. The minimum absolute atomic E-state index is 0.550. The zero-order chi connectivity index (χ0) is 9.97. The average Bonchev–Trinajstić information content (AvgIpc) is 2.62. The molecule has 0 aliphatic carbocycles. The maximum absolute atomic E-state index is 5.62. The van der Waals surface area contributed by atoms with Gasteiger partial charge in [0.25, 0.3) is 0 Å². The van der Waals surface area contributed by atoms with Crippen molar-refractivity contribution in [3.63, 3.8) is 0 Å². The van der Waals surface area contributed by atoms with Gasteiger partial charge in [-0.1, -0.05) is 25.1 Å². The Kier molecular flexibility index (Phi) is 2.55. The number of aromatic nitrogens is 1. The standard InChI is InChI=1S/C12H16N2/c1-9(7-13)6-10-8-14-12-5-3-2-4-11(10)12/h2-5,8-9,14H,6-7,13H2,1H3/t9-/m0/s1. The molecule has 0 aliphatic rings. The summed E-state index contributed by atoms with van der Waals surface area (Å²) < 4.78 is 0. The Morgan fingerprint density at radius 3 is 2.93 bits per heavy atom. The molecule has 2 aromatic rings. The Balaban J connectivity index is 2.33. The summed E-state index contributed by atoms with van der Waals surface area (Å²) in [5.41, 5.74) is 8.21. The molecule has 0 amide bonds. The van der Waals surface area contributed by atoms with Crippen LogP contribution < -0.4 is 5.73 Å². The lowest BCUT2D eigenvalue weighted by Crippen LogP contribution is -2.12. The first-order chi connectivity index (χ1) is 6.81. The summed E-state index contributed by atoms with van der Waals surface area (Å²) in [6.07, 6.45) is 3.15. The highest BCUT2D eigenvalue weighted by Crippen LogP contribution is 2.20. The molecule has 1 aromatic carbocycles. The van der Waals surface area contributed by atoms with Crippen molar-refractivity contribution in [1.29, 1.82) is 0 Å². The van der Waals surface area contributed by atoms with Crippen LogP contribution in [0.15, 0.2) is 30.5 Å². The first kappa shape index (κ1) is 9.28. The van der Waals surface area contributed by atoms with Crippen LogP contribution in [0.4, 0.5) is 0 Å². The number of nitrogens with two attached hydrogens (primary N) is 1. The highest BCUT2D eigenvalue weighted by Gasteiger charge is 2.06. The molecular weight excluding hydrogens is 172 g/mol. The van der Waals surface area contributed by atoms with Crippen LogP contribution in [0, 0.1) is 5.92 Å². The first-order valence-electron chi connectivity index (χ1n) is 5.06. The quantitative estimate of drug-likeness (QED) is 0.762. The third-order valence-corrected chi connectivity index (χ3v) is 2.65. The van der Waals surface area contributed by atoms with Gasteiger partial charge in [-0.25, -0.2) is 0 Å². The Bertz CT molecular complexity index is 417. The number of hydrogen-bond acceptors (Lipinski definition) is 1. The summed E-state index contributed by atoms with van der Waals surface area (Å²) in [6.45, 7) is 2.93. The van der Waals surface area contributed by atoms with Crippen molar-refractivity contribution in [2.24, 2.45) is 11.7 Å². The average molecular weight is 188 g/mol. The van der Waals surface area contributed by atoms with E-state index in [0.29, 0.717) is 5.92 Å². The normalized spacial score (nSPS) is 13.3. The van der Waals surface area contributed by atoms with Crippen LogP contribution >= 0.6 is 0 Å². The number of hydrogen-bond donors (Lipinski definition) is 2. The Morgan fingerprint density at radius 1 is 1.36 bits per heavy atom. The van der Waals surface area contributed by atoms with Gasteiger partial charge >= 0.3 is 0 Å². The van der Waals surface area contributed by atoms with E-state index in [9.17, 15) is 0 Å². The molecule has 0 saturated heterocycles. The topological polar surface area (TPSA) is 41.8 Å². The minimum atomic E-state index is 0.550. The molecular formula is C12H16N2. The summed E-state index contributed by atoms with van der Waals surface area (Å²) in [5.74, 6) is 0.550. The Labute approximate surface area is 84.1 Å². The Morgan fingerprint density at radius 2 is 2.14 bits per heavy atom. The van der Waals surface area contributed by atoms with E-state index in [-0.39, 0.29) is 0 Å². The zero-order valence-corrected chi connectivity index (χ0v) is 8.46. The fraction of sp³-hybridized carbons (Fsp3) is 0.333. The number of fused-ring (bicyclic) bond motifs is 1. The van der Waals surface area contributed by atoms with Crippen LogP contribution in [0.25, 0.3) is 10.9 Å². The second-order valence-electron chi connectivity index (χ2n) is 3.90. The summed E-state index contributed by atoms with van der Waals surface area (Å²) in [4.78, 5) is 3.28. The van der Waals surface area contributed by atoms with Crippen molar-refractivity contribution in [3.05, 3.63) is 36.0 Å². The third-order valence-electron chi connectivity index (χ3n) is 2.65. The van der Waals surface area contributed by atoms with Crippen molar-refractivity contribution in [3.8, 4) is 0 Å². The molecule has 2 rings (SSSR count). The van der Waals surface area contributed by atoms with Gasteiger partial charge in [-0.2, -0.15) is 0 Å². The maximum Gasteiger partial charge on any atom is 0.0456 e. The van der Waals surface area contributed by atoms with E-state index >= 15 is 0 Å². The van der Waals surface area contributed by atoms with Crippen LogP contribution in [0.3, 0.4) is 0 Å². The molecule has 0 spiro atoms. The third kappa shape index (κ3) is 1.66. The molecule has 0 aliphatic heterocycles. The highest BCUT2D eigenvalue weighted by atomic mass is 14.7. The molecule has 1 atom stereocenters. The van der Waals surface area contributed by atoms with Crippen molar-refractivity contribution < 1.29 is 0 Å². The zero-order valence-electron chi connectivity index (χ0n) is 8.46. The molecule has 14 heavy (non-hydrogen) atoms. The lowest BCUT2D eigenvalue weighted by Gasteiger charge is -2.06. The van der Waals surface area contributed by atoms with E-state index in [4.69, 9.17) is 5.73 Å². The number of H-pyrrole nitrogens is 1. The summed E-state index contributed by atoms with van der Waals surface area (Å²) in [6, 6.07) is 8.39. The lowest BCUT2D eigenvalue weighted by molar-refractivity contribution is 0.595. The van der Waals surface area contributed by atoms with Crippen molar-refractivity contribution in [2.75, 3.05) is 6.54 Å². The molecule has 0 fully saturated rings. The molecule has 3 N–H and O–H groups in total. The van der Waals surface area contributed by atoms with Crippen LogP contribution in [0.1, 0.15) is 12.5 Å². The molecule has 0 radical (unpaired) electrons. The highest BCUT2D eigenvalue weighted by molar-refractivity contribution is 5.83. The summed E-state index contributed by atoms with van der Waals surface area (Å²) >= 11 is 0. The summed E-state index contributed by atoms with van der Waals surface area (Å²) in [5, 5.41) is 1.33. The van der Waals surface area contributed by atoms with E-state index < -0.39 is 0 Å². The second-order valence-corrected chi connectivity index (χ2v) is 3.90. The first-order valence-corrected chi connectivity index (χ1v) is 5.06. The van der Waals surface area contributed by atoms with Crippen LogP contribution in [-0.2, 0) is 6.42 Å². The van der Waals surface area contributed by atoms with Crippen molar-refractivity contribution >= 4 is 10.9 Å². The smallest absolute Gasteiger partial charge is 0.0456 e. The number of nitrogens with one attached hydrogen (secondary N) is 1. The second kappa shape index (κ2) is 3.84. The van der Waals surface area contributed by atoms with E-state index in [0.717, 1.165) is 13.0 Å². The predicted octanol–water partition coefficient (Wildman–Crippen LogP) is 2.31. The van der Waals surface area contributed by atoms with Gasteiger partial charge in [0.05, 0.1) is 0 Å². The molecule has 0 saturated carbocycles. The Hall–Kier alpha value is -1.28. The van der Waals surface area contributed by atoms with Gasteiger partial charge in [-0.05, 0) is 30.5 Å². The van der Waals surface area contributed by atoms with Gasteiger partial charge in [-0.15, -0.1) is 0 Å². The maximum atomic E-state index is 5.62. The monoisotopic (exact) mass is 188 g/mol. The molecule has 74 valence electrons. The lowest BCUT2D eigenvalue weighted by atomic mass is 10.0. The fourth-order valence-corrected chi connectivity index (χ4v) is 1.76. The largest absolute Gasteiger partial charge is 0.361 e. The van der Waals surface area contributed by atoms with Crippen molar-refractivity contribution in [1.82, 2.24) is 4.98 Å². The van der Waals surface area contributed by atoms with E-state index in [1.54, 1.807) is 0 Å². The van der Waals surface area contributed by atoms with Gasteiger partial charge < -0.3 is 10.7 Å². The minimum Gasteiger partial charge on any atom is -0.361 e. The molecule has 0 bridgehead atoms. The van der Waals surface area contributed by atoms with Crippen LogP contribution in [-0.4, -0.2) is 11.5 Å². The molecule has 1 heterocycles. The van der Waals surface area contributed by atoms with Gasteiger partial charge in [0.2, 0.25) is 0 Å². The number of aromatic amines is 1. The fourth-order valence-electron chi connectivity index (χ4n) is 1.76. The molecule has 2 nitrogen and oxygen atoms in total. The number of rotatable bonds is 3. The number of benzene rings is 1. The van der Waals surface area contributed by atoms with Gasteiger partial charge in [0.1, 0.15) is 0 Å². The van der Waals surface area contributed by atoms with Crippen molar-refractivity contribution in [2.45, 2.75) is 13.3 Å². The van der Waals surface area contributed by atoms with Gasteiger partial charge in [0.15, 0.2) is 0 Å². The van der Waals surface area contributed by atoms with E-state index in [1.165, 1.54) is 16.5 Å². The van der Waals surface area contributed by atoms with E-state index in [1.807, 2.05) is 0 Å². The SMILES string of the molecule is C[C@H](CN)Cc1c[nH]c2ccccc12. The predicted molar refractivity (Wildman–Crippen MR) is 60.2 cm³/mol. The number of para-hydroxylation sites is 1. The van der Waals surface area contributed by atoms with Crippen LogP contribution in [0.5, 0.6) is 0 Å². The summed E-state index contributed by atoms with van der Waals surface area (Å²) in [7, 11) is 0. The molecule has 0 unspecified atom stereocenters. The van der Waals surface area contributed by atoms with Gasteiger partial charge in [0, 0.05) is 17.1 Å². The van der Waals surface area contributed by atoms with Crippen LogP contribution in [0.2, 0.25) is 0 Å².